The zero-order valence-electron chi connectivity index (χ0n) is 20.6. The first-order chi connectivity index (χ1) is 16.8. The summed E-state index contributed by atoms with van der Waals surface area (Å²) in [5.41, 5.74) is 11.6. The largest absolute Gasteiger partial charge is 0.466 e. The Morgan fingerprint density at radius 3 is 2.26 bits per heavy atom. The van der Waals surface area contributed by atoms with Gasteiger partial charge in [-0.2, -0.15) is 0 Å². The van der Waals surface area contributed by atoms with Crippen LogP contribution in [0.2, 0.25) is 0 Å². The molecule has 35 heavy (non-hydrogen) atoms. The van der Waals surface area contributed by atoms with Gasteiger partial charge in [0.05, 0.1) is 13.0 Å². The summed E-state index contributed by atoms with van der Waals surface area (Å²) in [6, 6.07) is 23.1. The molecule has 0 saturated carbocycles. The van der Waals surface area contributed by atoms with Crippen LogP contribution in [0, 0.1) is 0 Å². The lowest BCUT2D eigenvalue weighted by Crippen LogP contribution is -2.32. The second-order valence-electron chi connectivity index (χ2n) is 8.27. The molecule has 1 amide bonds. The molecule has 0 aromatic heterocycles. The minimum Gasteiger partial charge on any atom is -0.466 e. The Morgan fingerprint density at radius 2 is 1.57 bits per heavy atom. The number of benzene rings is 3. The normalized spacial score (nSPS) is 12.5. The zero-order chi connectivity index (χ0) is 25.4. The maximum Gasteiger partial charge on any atom is 0.310 e. The van der Waals surface area contributed by atoms with Crippen LogP contribution in [0.5, 0.6) is 0 Å². The van der Waals surface area contributed by atoms with Gasteiger partial charge in [-0.05, 0) is 71.2 Å². The average molecular weight is 469 g/mol. The highest BCUT2D eigenvalue weighted by Gasteiger charge is 2.13. The van der Waals surface area contributed by atoms with Crippen LogP contribution in [0.15, 0.2) is 79.4 Å². The fraction of sp³-hybridized carbons (Fsp3) is 0.200. The van der Waals surface area contributed by atoms with Crippen molar-refractivity contribution in [3.63, 3.8) is 0 Å². The van der Waals surface area contributed by atoms with Gasteiger partial charge >= 0.3 is 5.97 Å². The van der Waals surface area contributed by atoms with Crippen molar-refractivity contribution in [3.05, 3.63) is 107 Å². The van der Waals surface area contributed by atoms with E-state index in [0.29, 0.717) is 30.0 Å². The van der Waals surface area contributed by atoms with E-state index in [1.54, 1.807) is 19.9 Å². The van der Waals surface area contributed by atoms with E-state index in [0.717, 1.165) is 32.7 Å². The summed E-state index contributed by atoms with van der Waals surface area (Å²) in [6.07, 6.45) is 0.0918. The predicted molar refractivity (Wildman–Crippen MR) is 143 cm³/mol. The highest BCUT2D eigenvalue weighted by molar-refractivity contribution is 6.19. The molecule has 3 N–H and O–H groups in total. The monoisotopic (exact) mass is 468 g/mol. The van der Waals surface area contributed by atoms with Gasteiger partial charge in [-0.25, -0.2) is 0 Å². The first-order valence-corrected chi connectivity index (χ1v) is 11.7. The number of para-hydroxylation sites is 1. The lowest BCUT2D eigenvalue weighted by Gasteiger charge is -2.12. The smallest absolute Gasteiger partial charge is 0.310 e. The van der Waals surface area contributed by atoms with Crippen LogP contribution in [-0.4, -0.2) is 18.5 Å². The maximum absolute atomic E-state index is 13.3. The van der Waals surface area contributed by atoms with Gasteiger partial charge in [-0.3, -0.25) is 9.59 Å². The molecule has 0 bridgehead atoms. The summed E-state index contributed by atoms with van der Waals surface area (Å²) >= 11 is 0. The number of nitrogens with two attached hydrogens (primary N) is 1. The highest BCUT2D eigenvalue weighted by atomic mass is 16.5. The van der Waals surface area contributed by atoms with E-state index in [-0.39, 0.29) is 18.3 Å². The van der Waals surface area contributed by atoms with Crippen LogP contribution >= 0.6 is 0 Å². The Morgan fingerprint density at radius 1 is 0.914 bits per heavy atom. The second kappa shape index (κ2) is 12.0. The Balaban J connectivity index is 2.00. The molecule has 0 aliphatic heterocycles. The lowest BCUT2D eigenvalue weighted by atomic mass is 9.96. The van der Waals surface area contributed by atoms with Crippen molar-refractivity contribution < 1.29 is 14.3 Å². The summed E-state index contributed by atoms with van der Waals surface area (Å²) in [7, 11) is 0. The van der Waals surface area contributed by atoms with Gasteiger partial charge in [0.15, 0.2) is 0 Å². The van der Waals surface area contributed by atoms with Crippen molar-refractivity contribution in [3.8, 4) is 0 Å². The van der Waals surface area contributed by atoms with Crippen LogP contribution in [-0.2, 0) is 27.3 Å². The van der Waals surface area contributed by atoms with Crippen LogP contribution in [0.25, 0.3) is 16.7 Å². The van der Waals surface area contributed by atoms with Crippen molar-refractivity contribution in [2.75, 3.05) is 11.9 Å². The SMILES string of the molecule is C=C(/C(C)=c1/cccc/c1=C(/C)C(=O)Nc1ccccc1CC(=O)OCC)c1cccc(CN)c1. The van der Waals surface area contributed by atoms with Crippen LogP contribution in [0.4, 0.5) is 5.69 Å². The van der Waals surface area contributed by atoms with E-state index in [2.05, 4.69) is 11.9 Å². The summed E-state index contributed by atoms with van der Waals surface area (Å²) < 4.78 is 5.06. The Bertz CT molecular complexity index is 1370. The quantitative estimate of drug-likeness (QED) is 0.491. The van der Waals surface area contributed by atoms with E-state index in [4.69, 9.17) is 10.5 Å². The molecule has 0 aliphatic rings. The number of nitrogens with one attached hydrogen (secondary N) is 1. The fourth-order valence-corrected chi connectivity index (χ4v) is 3.90. The number of hydrogen-bond acceptors (Lipinski definition) is 4. The van der Waals surface area contributed by atoms with Crippen molar-refractivity contribution in [1.82, 2.24) is 0 Å². The van der Waals surface area contributed by atoms with Gasteiger partial charge in [0.2, 0.25) is 0 Å². The van der Waals surface area contributed by atoms with Crippen molar-refractivity contribution in [2.45, 2.75) is 33.7 Å². The molecule has 180 valence electrons. The third-order valence-corrected chi connectivity index (χ3v) is 5.95. The minimum absolute atomic E-state index is 0.0918. The molecule has 0 saturated heterocycles. The number of ether oxygens (including phenoxy) is 1. The van der Waals surface area contributed by atoms with Gasteiger partial charge in [0, 0.05) is 17.8 Å². The van der Waals surface area contributed by atoms with E-state index in [1.165, 1.54) is 0 Å². The number of amides is 1. The van der Waals surface area contributed by atoms with Gasteiger partial charge in [-0.1, -0.05) is 67.2 Å². The highest BCUT2D eigenvalue weighted by Crippen LogP contribution is 2.21. The number of rotatable bonds is 8. The molecule has 0 heterocycles. The summed E-state index contributed by atoms with van der Waals surface area (Å²) in [6.45, 7) is 10.7. The van der Waals surface area contributed by atoms with Crippen molar-refractivity contribution >= 4 is 34.3 Å². The molecule has 0 unspecified atom stereocenters. The van der Waals surface area contributed by atoms with Gasteiger partial charge in [-0.15, -0.1) is 0 Å². The number of carbonyl (C=O) groups excluding carboxylic acids is 2. The first kappa shape index (κ1) is 25.7. The minimum atomic E-state index is -0.331. The molecule has 0 radical (unpaired) electrons. The molecular formula is C30H32N2O3. The Labute approximate surface area is 206 Å². The van der Waals surface area contributed by atoms with E-state index in [1.807, 2.05) is 73.7 Å². The van der Waals surface area contributed by atoms with Gasteiger partial charge in [0.1, 0.15) is 0 Å². The molecular weight excluding hydrogens is 436 g/mol. The third kappa shape index (κ3) is 6.34. The zero-order valence-corrected chi connectivity index (χ0v) is 20.6. The molecule has 0 spiro atoms. The lowest BCUT2D eigenvalue weighted by molar-refractivity contribution is -0.142. The van der Waals surface area contributed by atoms with Crippen LogP contribution < -0.4 is 21.5 Å². The van der Waals surface area contributed by atoms with E-state index < -0.39 is 0 Å². The van der Waals surface area contributed by atoms with Gasteiger partial charge in [0.25, 0.3) is 5.91 Å². The first-order valence-electron chi connectivity index (χ1n) is 11.7. The van der Waals surface area contributed by atoms with Crippen LogP contribution in [0.1, 0.15) is 37.5 Å². The van der Waals surface area contributed by atoms with E-state index in [9.17, 15) is 9.59 Å². The third-order valence-electron chi connectivity index (χ3n) is 5.95. The molecule has 5 nitrogen and oxygen atoms in total. The summed E-state index contributed by atoms with van der Waals surface area (Å²) in [4.78, 5) is 25.3. The molecule has 0 atom stereocenters. The second-order valence-corrected chi connectivity index (χ2v) is 8.27. The number of esters is 1. The average Bonchev–Trinajstić information content (AvgIpc) is 2.88. The van der Waals surface area contributed by atoms with Crippen LogP contribution in [0.3, 0.4) is 0 Å². The molecule has 3 aromatic carbocycles. The summed E-state index contributed by atoms with van der Waals surface area (Å²) in [5, 5.41) is 4.72. The molecule has 3 rings (SSSR count). The molecule has 0 fully saturated rings. The number of allylic oxidation sites excluding steroid dienone is 1. The number of hydrogen-bond donors (Lipinski definition) is 2. The van der Waals surface area contributed by atoms with Crippen molar-refractivity contribution in [2.24, 2.45) is 5.73 Å². The molecule has 0 aliphatic carbocycles. The topological polar surface area (TPSA) is 81.4 Å². The van der Waals surface area contributed by atoms with Gasteiger partial charge < -0.3 is 15.8 Å². The standard InChI is InChI=1S/C30H32N2O3/c1-5-35-29(33)18-25-12-6-9-16-28(25)32-30(34)22(4)27-15-8-7-14-26(27)21(3)20(2)24-13-10-11-23(17-24)19-31/h6-17H,2,5,18-19,31H2,1,3-4H3,(H,32,34)/b26-21-,27-22+. The molecule has 3 aromatic rings. The van der Waals surface area contributed by atoms with Crippen molar-refractivity contribution in [1.29, 1.82) is 0 Å². The fourth-order valence-electron chi connectivity index (χ4n) is 3.90. The number of anilines is 1. The summed E-state index contributed by atoms with van der Waals surface area (Å²) in [5.74, 6) is -0.569. The maximum atomic E-state index is 13.3. The van der Waals surface area contributed by atoms with E-state index >= 15 is 0 Å². The predicted octanol–water partition coefficient (Wildman–Crippen LogP) is 3.94. The molecule has 5 heteroatoms. The Hall–Kier alpha value is -3.96. The Kier molecular flexibility index (Phi) is 8.76. The number of carbonyl (C=O) groups is 2.